The number of fused-ring (bicyclic) bond motifs is 3. The van der Waals surface area contributed by atoms with Gasteiger partial charge in [-0.15, -0.1) is 0 Å². The fourth-order valence-electron chi connectivity index (χ4n) is 2.95. The van der Waals surface area contributed by atoms with Crippen molar-refractivity contribution in [1.29, 1.82) is 0 Å². The number of rotatable bonds is 1. The second-order valence-electron chi connectivity index (χ2n) is 4.75. The summed E-state index contributed by atoms with van der Waals surface area (Å²) in [6, 6.07) is 16.9. The van der Waals surface area contributed by atoms with E-state index in [0.717, 1.165) is 0 Å². The van der Waals surface area contributed by atoms with Crippen molar-refractivity contribution in [3.63, 3.8) is 0 Å². The van der Waals surface area contributed by atoms with Crippen LogP contribution < -0.4 is 0 Å². The molecular formula is C16H16O. The molecule has 1 aliphatic rings. The first-order chi connectivity index (χ1) is 8.33. The number of hydrogen-bond donors (Lipinski definition) is 1. The highest BCUT2D eigenvalue weighted by Crippen LogP contribution is 2.45. The van der Waals surface area contributed by atoms with Gasteiger partial charge in [-0.05, 0) is 28.2 Å². The molecule has 0 radical (unpaired) electrons. The van der Waals surface area contributed by atoms with Gasteiger partial charge >= 0.3 is 0 Å². The Bertz CT molecular complexity index is 545. The van der Waals surface area contributed by atoms with Crippen LogP contribution in [0.15, 0.2) is 48.5 Å². The van der Waals surface area contributed by atoms with Crippen molar-refractivity contribution in [3.8, 4) is 11.1 Å². The third-order valence-corrected chi connectivity index (χ3v) is 3.90. The van der Waals surface area contributed by atoms with Gasteiger partial charge in [-0.1, -0.05) is 55.5 Å². The molecule has 2 aromatic carbocycles. The second-order valence-corrected chi connectivity index (χ2v) is 4.75. The zero-order valence-electron chi connectivity index (χ0n) is 9.93. The first kappa shape index (κ1) is 10.5. The molecule has 0 amide bonds. The molecule has 1 aliphatic carbocycles. The quantitative estimate of drug-likeness (QED) is 0.785. The lowest BCUT2D eigenvalue weighted by Crippen LogP contribution is -2.18. The van der Waals surface area contributed by atoms with Gasteiger partial charge in [-0.25, -0.2) is 0 Å². The molecule has 0 aromatic heterocycles. The zero-order chi connectivity index (χ0) is 11.8. The summed E-state index contributed by atoms with van der Waals surface area (Å²) in [5, 5.41) is 9.63. The highest BCUT2D eigenvalue weighted by molar-refractivity contribution is 5.75. The van der Waals surface area contributed by atoms with Gasteiger partial charge in [-0.3, -0.25) is 0 Å². The molecule has 17 heavy (non-hydrogen) atoms. The van der Waals surface area contributed by atoms with Crippen LogP contribution in [0.25, 0.3) is 11.1 Å². The number of aliphatic hydroxyl groups is 1. The van der Waals surface area contributed by atoms with Gasteiger partial charge in [0, 0.05) is 5.92 Å². The highest BCUT2D eigenvalue weighted by Gasteiger charge is 2.29. The Morgan fingerprint density at radius 3 is 2.06 bits per heavy atom. The van der Waals surface area contributed by atoms with Gasteiger partial charge < -0.3 is 5.11 Å². The molecule has 1 heteroatoms. The Morgan fingerprint density at radius 1 is 0.882 bits per heavy atom. The average Bonchev–Trinajstić information content (AvgIpc) is 2.40. The van der Waals surface area contributed by atoms with E-state index in [-0.39, 0.29) is 12.5 Å². The fraction of sp³-hybridized carbons (Fsp3) is 0.250. The Kier molecular flexibility index (Phi) is 2.49. The van der Waals surface area contributed by atoms with Crippen LogP contribution in [0.2, 0.25) is 0 Å². The number of hydrogen-bond acceptors (Lipinski definition) is 1. The van der Waals surface area contributed by atoms with Crippen LogP contribution in [0.3, 0.4) is 0 Å². The van der Waals surface area contributed by atoms with Crippen LogP contribution in [0.5, 0.6) is 0 Å². The standard InChI is InChI=1S/C16H16O/c1-11-12-6-2-3-7-13(12)14-8-4-5-9-15(14)16(11)10-17/h2-9,11,16-17H,10H2,1H3. The molecule has 0 spiro atoms. The Labute approximate surface area is 102 Å². The Balaban J connectivity index is 2.29. The van der Waals surface area contributed by atoms with Crippen LogP contribution in [0.4, 0.5) is 0 Å². The monoisotopic (exact) mass is 224 g/mol. The summed E-state index contributed by atoms with van der Waals surface area (Å²) in [6.45, 7) is 2.42. The van der Waals surface area contributed by atoms with Gasteiger partial charge in [0.05, 0.1) is 6.61 Å². The molecule has 0 saturated carbocycles. The predicted octanol–water partition coefficient (Wildman–Crippen LogP) is 3.55. The SMILES string of the molecule is CC1c2ccccc2-c2ccccc2C1CO. The molecule has 2 aromatic rings. The summed E-state index contributed by atoms with van der Waals surface area (Å²) >= 11 is 0. The maximum absolute atomic E-state index is 9.63. The van der Waals surface area contributed by atoms with Crippen molar-refractivity contribution in [2.24, 2.45) is 0 Å². The average molecular weight is 224 g/mol. The van der Waals surface area contributed by atoms with Gasteiger partial charge in [0.1, 0.15) is 0 Å². The van der Waals surface area contributed by atoms with E-state index in [2.05, 4.69) is 55.5 Å². The van der Waals surface area contributed by atoms with Crippen LogP contribution >= 0.6 is 0 Å². The molecule has 86 valence electrons. The lowest BCUT2D eigenvalue weighted by molar-refractivity contribution is 0.250. The zero-order valence-corrected chi connectivity index (χ0v) is 9.93. The van der Waals surface area contributed by atoms with Crippen molar-refractivity contribution < 1.29 is 5.11 Å². The van der Waals surface area contributed by atoms with Gasteiger partial charge in [0.15, 0.2) is 0 Å². The van der Waals surface area contributed by atoms with E-state index in [1.807, 2.05) is 0 Å². The summed E-state index contributed by atoms with van der Waals surface area (Å²) in [6.07, 6.45) is 0. The molecule has 1 N–H and O–H groups in total. The summed E-state index contributed by atoms with van der Waals surface area (Å²) < 4.78 is 0. The minimum absolute atomic E-state index is 0.215. The summed E-state index contributed by atoms with van der Waals surface area (Å²) in [4.78, 5) is 0. The van der Waals surface area contributed by atoms with Crippen LogP contribution in [0, 0.1) is 0 Å². The fourth-order valence-corrected chi connectivity index (χ4v) is 2.95. The summed E-state index contributed by atoms with van der Waals surface area (Å²) in [5.41, 5.74) is 5.23. The summed E-state index contributed by atoms with van der Waals surface area (Å²) in [7, 11) is 0. The van der Waals surface area contributed by atoms with E-state index in [0.29, 0.717) is 5.92 Å². The molecular weight excluding hydrogens is 208 g/mol. The van der Waals surface area contributed by atoms with Gasteiger partial charge in [0.2, 0.25) is 0 Å². The van der Waals surface area contributed by atoms with Crippen LogP contribution in [0.1, 0.15) is 29.9 Å². The highest BCUT2D eigenvalue weighted by atomic mass is 16.3. The van der Waals surface area contributed by atoms with Crippen molar-refractivity contribution in [3.05, 3.63) is 59.7 Å². The van der Waals surface area contributed by atoms with E-state index in [1.165, 1.54) is 22.3 Å². The van der Waals surface area contributed by atoms with E-state index >= 15 is 0 Å². The first-order valence-corrected chi connectivity index (χ1v) is 6.12. The normalized spacial score (nSPS) is 21.8. The van der Waals surface area contributed by atoms with Gasteiger partial charge in [0.25, 0.3) is 0 Å². The first-order valence-electron chi connectivity index (χ1n) is 6.12. The molecule has 0 fully saturated rings. The van der Waals surface area contributed by atoms with E-state index < -0.39 is 0 Å². The van der Waals surface area contributed by atoms with Crippen LogP contribution in [-0.2, 0) is 0 Å². The van der Waals surface area contributed by atoms with Crippen molar-refractivity contribution in [2.75, 3.05) is 6.61 Å². The van der Waals surface area contributed by atoms with Crippen molar-refractivity contribution >= 4 is 0 Å². The molecule has 3 rings (SSSR count). The van der Waals surface area contributed by atoms with Crippen molar-refractivity contribution in [1.82, 2.24) is 0 Å². The topological polar surface area (TPSA) is 20.2 Å². The third kappa shape index (κ3) is 1.50. The molecule has 2 atom stereocenters. The minimum Gasteiger partial charge on any atom is -0.396 e. The largest absolute Gasteiger partial charge is 0.396 e. The molecule has 0 bridgehead atoms. The minimum atomic E-state index is 0.215. The molecule has 2 unspecified atom stereocenters. The molecule has 0 saturated heterocycles. The summed E-state index contributed by atoms with van der Waals surface area (Å²) in [5.74, 6) is 0.604. The molecule has 1 nitrogen and oxygen atoms in total. The smallest absolute Gasteiger partial charge is 0.0505 e. The lowest BCUT2D eigenvalue weighted by Gasteiger charge is -2.32. The van der Waals surface area contributed by atoms with E-state index in [4.69, 9.17) is 0 Å². The van der Waals surface area contributed by atoms with Crippen molar-refractivity contribution in [2.45, 2.75) is 18.8 Å². The number of benzene rings is 2. The predicted molar refractivity (Wildman–Crippen MR) is 70.1 cm³/mol. The van der Waals surface area contributed by atoms with E-state index in [9.17, 15) is 5.11 Å². The molecule has 0 heterocycles. The third-order valence-electron chi connectivity index (χ3n) is 3.90. The molecule has 0 aliphatic heterocycles. The maximum Gasteiger partial charge on any atom is 0.0505 e. The second kappa shape index (κ2) is 4.01. The Morgan fingerprint density at radius 2 is 1.41 bits per heavy atom. The van der Waals surface area contributed by atoms with E-state index in [1.54, 1.807) is 0 Å². The van der Waals surface area contributed by atoms with Crippen LogP contribution in [-0.4, -0.2) is 11.7 Å². The Hall–Kier alpha value is -1.60. The number of aliphatic hydroxyl groups excluding tert-OH is 1. The maximum atomic E-state index is 9.63. The van der Waals surface area contributed by atoms with Gasteiger partial charge in [-0.2, -0.15) is 0 Å². The lowest BCUT2D eigenvalue weighted by atomic mass is 9.73.